The van der Waals surface area contributed by atoms with E-state index in [1.165, 1.54) is 11.3 Å². The third kappa shape index (κ3) is 4.50. The number of rotatable bonds is 6. The zero-order valence-electron chi connectivity index (χ0n) is 13.4. The van der Waals surface area contributed by atoms with Gasteiger partial charge in [0.05, 0.1) is 11.9 Å². The lowest BCUT2D eigenvalue weighted by Crippen LogP contribution is -2.12. The Labute approximate surface area is 155 Å². The zero-order chi connectivity index (χ0) is 17.9. The van der Waals surface area contributed by atoms with Crippen LogP contribution in [-0.4, -0.2) is 13.4 Å². The van der Waals surface area contributed by atoms with E-state index < -0.39 is 10.0 Å². The van der Waals surface area contributed by atoms with Gasteiger partial charge in [0.15, 0.2) is 0 Å². The number of pyridine rings is 1. The summed E-state index contributed by atoms with van der Waals surface area (Å²) in [6.07, 6.45) is 2.37. The minimum Gasteiger partial charge on any atom is -0.354 e. The quantitative estimate of drug-likeness (QED) is 0.624. The molecule has 0 spiro atoms. The van der Waals surface area contributed by atoms with Gasteiger partial charge in [-0.1, -0.05) is 24.6 Å². The lowest BCUT2D eigenvalue weighted by Gasteiger charge is -2.08. The van der Waals surface area contributed by atoms with Crippen LogP contribution in [0.5, 0.6) is 0 Å². The number of sulfonamides is 1. The maximum atomic E-state index is 12.4. The van der Waals surface area contributed by atoms with Crippen LogP contribution in [0.3, 0.4) is 0 Å². The second-order valence-electron chi connectivity index (χ2n) is 5.25. The molecule has 0 fully saturated rings. The van der Waals surface area contributed by atoms with Crippen LogP contribution < -0.4 is 10.0 Å². The largest absolute Gasteiger partial charge is 0.354 e. The van der Waals surface area contributed by atoms with Gasteiger partial charge in [-0.15, -0.1) is 11.3 Å². The SMILES string of the molecule is CCc1ccc(S(=O)(=O)Nc2ccc(Nc3cccc(Cl)c3)cn2)s1. The molecule has 25 heavy (non-hydrogen) atoms. The molecule has 0 atom stereocenters. The van der Waals surface area contributed by atoms with Crippen molar-refractivity contribution in [1.29, 1.82) is 0 Å². The van der Waals surface area contributed by atoms with Gasteiger partial charge in [-0.2, -0.15) is 0 Å². The maximum Gasteiger partial charge on any atom is 0.272 e. The average Bonchev–Trinajstić information content (AvgIpc) is 3.07. The molecule has 1 aromatic carbocycles. The van der Waals surface area contributed by atoms with E-state index in [0.717, 1.165) is 22.7 Å². The Balaban J connectivity index is 1.72. The number of nitrogens with zero attached hydrogens (tertiary/aromatic N) is 1. The van der Waals surface area contributed by atoms with Gasteiger partial charge in [0.25, 0.3) is 10.0 Å². The molecule has 0 unspecified atom stereocenters. The molecule has 2 N–H and O–H groups in total. The molecule has 0 amide bonds. The second kappa shape index (κ2) is 7.43. The average molecular weight is 394 g/mol. The van der Waals surface area contributed by atoms with Gasteiger partial charge < -0.3 is 5.32 Å². The van der Waals surface area contributed by atoms with Crippen molar-refractivity contribution in [2.24, 2.45) is 0 Å². The van der Waals surface area contributed by atoms with Gasteiger partial charge in [0.2, 0.25) is 0 Å². The highest BCUT2D eigenvalue weighted by Crippen LogP contribution is 2.25. The molecule has 130 valence electrons. The van der Waals surface area contributed by atoms with E-state index in [0.29, 0.717) is 5.02 Å². The molecule has 8 heteroatoms. The summed E-state index contributed by atoms with van der Waals surface area (Å²) in [6.45, 7) is 1.99. The maximum absolute atomic E-state index is 12.4. The Hall–Kier alpha value is -2.09. The van der Waals surface area contributed by atoms with Crippen molar-refractivity contribution in [3.05, 3.63) is 64.6 Å². The summed E-state index contributed by atoms with van der Waals surface area (Å²) >= 11 is 7.21. The fourth-order valence-corrected chi connectivity index (χ4v) is 4.64. The lowest BCUT2D eigenvalue weighted by molar-refractivity contribution is 0.603. The minimum atomic E-state index is -3.61. The van der Waals surface area contributed by atoms with Gasteiger partial charge in [0.1, 0.15) is 10.0 Å². The number of hydrogen-bond donors (Lipinski definition) is 2. The first kappa shape index (κ1) is 17.7. The molecule has 0 saturated heterocycles. The van der Waals surface area contributed by atoms with Crippen LogP contribution in [-0.2, 0) is 16.4 Å². The summed E-state index contributed by atoms with van der Waals surface area (Å²) in [7, 11) is -3.61. The van der Waals surface area contributed by atoms with E-state index in [1.807, 2.05) is 25.1 Å². The molecule has 0 aliphatic carbocycles. The highest BCUT2D eigenvalue weighted by molar-refractivity contribution is 7.94. The summed E-state index contributed by atoms with van der Waals surface area (Å²) in [6, 6.07) is 14.1. The van der Waals surface area contributed by atoms with Crippen molar-refractivity contribution in [2.75, 3.05) is 10.0 Å². The number of benzene rings is 1. The van der Waals surface area contributed by atoms with Crippen LogP contribution in [0, 0.1) is 0 Å². The molecule has 0 aliphatic heterocycles. The smallest absolute Gasteiger partial charge is 0.272 e. The van der Waals surface area contributed by atoms with Crippen LogP contribution in [0.25, 0.3) is 0 Å². The third-order valence-corrected chi connectivity index (χ3v) is 6.68. The van der Waals surface area contributed by atoms with Crippen molar-refractivity contribution in [3.63, 3.8) is 0 Å². The molecule has 2 aromatic heterocycles. The summed E-state index contributed by atoms with van der Waals surface area (Å²) < 4.78 is 27.5. The predicted molar refractivity (Wildman–Crippen MR) is 103 cm³/mol. The number of anilines is 3. The Kier molecular flexibility index (Phi) is 5.27. The first-order valence-electron chi connectivity index (χ1n) is 7.56. The molecular formula is C17H16ClN3O2S2. The molecule has 0 radical (unpaired) electrons. The molecule has 0 bridgehead atoms. The standard InChI is InChI=1S/C17H16ClN3O2S2/c1-2-15-7-9-17(24-15)25(22,23)21-16-8-6-14(11-19-16)20-13-5-3-4-12(18)10-13/h3-11,20H,2H2,1H3,(H,19,21). The highest BCUT2D eigenvalue weighted by Gasteiger charge is 2.17. The highest BCUT2D eigenvalue weighted by atomic mass is 35.5. The van der Waals surface area contributed by atoms with Crippen molar-refractivity contribution >= 4 is 50.2 Å². The van der Waals surface area contributed by atoms with Crippen LogP contribution in [0.4, 0.5) is 17.2 Å². The lowest BCUT2D eigenvalue weighted by atomic mass is 10.3. The van der Waals surface area contributed by atoms with Gasteiger partial charge in [-0.25, -0.2) is 13.4 Å². The Morgan fingerprint density at radius 1 is 1.12 bits per heavy atom. The number of aromatic nitrogens is 1. The van der Waals surface area contributed by atoms with Crippen molar-refractivity contribution in [1.82, 2.24) is 4.98 Å². The van der Waals surface area contributed by atoms with E-state index in [2.05, 4.69) is 15.0 Å². The Bertz CT molecular complexity index is 970. The van der Waals surface area contributed by atoms with Crippen LogP contribution in [0.2, 0.25) is 5.02 Å². The van der Waals surface area contributed by atoms with Gasteiger partial charge >= 0.3 is 0 Å². The topological polar surface area (TPSA) is 71.1 Å². The minimum absolute atomic E-state index is 0.267. The number of thiophene rings is 1. The number of nitrogens with one attached hydrogen (secondary N) is 2. The number of hydrogen-bond acceptors (Lipinski definition) is 5. The molecule has 2 heterocycles. The van der Waals surface area contributed by atoms with E-state index in [4.69, 9.17) is 11.6 Å². The molecule has 3 aromatic rings. The monoisotopic (exact) mass is 393 g/mol. The van der Waals surface area contributed by atoms with E-state index in [1.54, 1.807) is 36.5 Å². The van der Waals surface area contributed by atoms with Gasteiger partial charge in [0, 0.05) is 15.6 Å². The van der Waals surface area contributed by atoms with Crippen LogP contribution in [0.1, 0.15) is 11.8 Å². The van der Waals surface area contributed by atoms with E-state index in [-0.39, 0.29) is 10.0 Å². The van der Waals surface area contributed by atoms with Crippen molar-refractivity contribution in [3.8, 4) is 0 Å². The summed E-state index contributed by atoms with van der Waals surface area (Å²) in [5.74, 6) is 0.267. The Morgan fingerprint density at radius 3 is 2.60 bits per heavy atom. The number of aryl methyl sites for hydroxylation is 1. The second-order valence-corrected chi connectivity index (χ2v) is 8.76. The predicted octanol–water partition coefficient (Wildman–Crippen LogP) is 4.90. The summed E-state index contributed by atoms with van der Waals surface area (Å²) in [4.78, 5) is 5.18. The van der Waals surface area contributed by atoms with Crippen LogP contribution >= 0.6 is 22.9 Å². The van der Waals surface area contributed by atoms with E-state index >= 15 is 0 Å². The summed E-state index contributed by atoms with van der Waals surface area (Å²) in [5.41, 5.74) is 1.56. The van der Waals surface area contributed by atoms with Gasteiger partial charge in [-0.3, -0.25) is 4.72 Å². The molecule has 0 saturated carbocycles. The zero-order valence-corrected chi connectivity index (χ0v) is 15.8. The van der Waals surface area contributed by atoms with Crippen LogP contribution in [0.15, 0.2) is 58.9 Å². The molecule has 5 nitrogen and oxygen atoms in total. The van der Waals surface area contributed by atoms with Crippen molar-refractivity contribution in [2.45, 2.75) is 17.6 Å². The third-order valence-electron chi connectivity index (χ3n) is 3.37. The fraction of sp³-hybridized carbons (Fsp3) is 0.118. The fourth-order valence-electron chi connectivity index (χ4n) is 2.14. The molecule has 0 aliphatic rings. The Morgan fingerprint density at radius 2 is 1.96 bits per heavy atom. The van der Waals surface area contributed by atoms with E-state index in [9.17, 15) is 8.42 Å². The van der Waals surface area contributed by atoms with Crippen molar-refractivity contribution < 1.29 is 8.42 Å². The normalized spacial score (nSPS) is 11.3. The first-order chi connectivity index (χ1) is 12.0. The molecular weight excluding hydrogens is 378 g/mol. The number of halogens is 1. The molecule has 3 rings (SSSR count). The van der Waals surface area contributed by atoms with Gasteiger partial charge in [-0.05, 0) is 48.9 Å². The summed E-state index contributed by atoms with van der Waals surface area (Å²) in [5, 5.41) is 3.78. The first-order valence-corrected chi connectivity index (χ1v) is 10.2.